The van der Waals surface area contributed by atoms with Crippen LogP contribution >= 0.6 is 0 Å². The van der Waals surface area contributed by atoms with E-state index in [1.165, 1.54) is 0 Å². The summed E-state index contributed by atoms with van der Waals surface area (Å²) in [5, 5.41) is 0. The molecule has 1 saturated heterocycles. The number of hydrazine groups is 1. The number of nitrogens with zero attached hydrogens (tertiary/aromatic N) is 3. The molecule has 1 fully saturated rings. The van der Waals surface area contributed by atoms with E-state index in [4.69, 9.17) is 5.84 Å². The molecule has 0 saturated carbocycles. The molecule has 1 unspecified atom stereocenters. The van der Waals surface area contributed by atoms with Crippen molar-refractivity contribution in [2.75, 3.05) is 32.6 Å². The molecule has 0 aromatic carbocycles. The van der Waals surface area contributed by atoms with E-state index in [1.807, 2.05) is 7.05 Å². The average molecular weight is 263 g/mol. The predicted molar refractivity (Wildman–Crippen MR) is 74.7 cm³/mol. The fourth-order valence-electron chi connectivity index (χ4n) is 2.44. The van der Waals surface area contributed by atoms with E-state index in [2.05, 4.69) is 22.4 Å². The van der Waals surface area contributed by atoms with Crippen molar-refractivity contribution in [2.45, 2.75) is 18.9 Å². The van der Waals surface area contributed by atoms with Gasteiger partial charge in [0.05, 0.1) is 5.69 Å². The van der Waals surface area contributed by atoms with E-state index in [-0.39, 0.29) is 11.9 Å². The minimum atomic E-state index is -0.0580. The largest absolute Gasteiger partial charge is 0.336 e. The third-order valence-electron chi connectivity index (χ3n) is 3.61. The highest BCUT2D eigenvalue weighted by Crippen LogP contribution is 2.16. The van der Waals surface area contributed by atoms with Crippen molar-refractivity contribution < 1.29 is 4.79 Å². The SMILES string of the molecule is CN1CCCC(N(C)C(=O)c2cc(NN)ccn2)C1. The number of amides is 1. The van der Waals surface area contributed by atoms with E-state index >= 15 is 0 Å². The first-order chi connectivity index (χ1) is 9.11. The summed E-state index contributed by atoms with van der Waals surface area (Å²) in [6.45, 7) is 2.01. The van der Waals surface area contributed by atoms with Gasteiger partial charge in [-0.1, -0.05) is 0 Å². The molecule has 1 amide bonds. The molecular formula is C13H21N5O. The third kappa shape index (κ3) is 3.21. The van der Waals surface area contributed by atoms with Crippen molar-refractivity contribution >= 4 is 11.6 Å². The van der Waals surface area contributed by atoms with Crippen LogP contribution in [0.5, 0.6) is 0 Å². The lowest BCUT2D eigenvalue weighted by atomic mass is 10.0. The molecule has 0 radical (unpaired) electrons. The number of aromatic nitrogens is 1. The van der Waals surface area contributed by atoms with Crippen molar-refractivity contribution in [3.63, 3.8) is 0 Å². The standard InChI is InChI=1S/C13H21N5O/c1-17-7-3-4-11(9-17)18(2)13(19)12-8-10(16-14)5-6-15-12/h5-6,8,11H,3-4,7,9,14H2,1-2H3,(H,15,16). The highest BCUT2D eigenvalue weighted by atomic mass is 16.2. The van der Waals surface area contributed by atoms with Crippen LogP contribution in [0.2, 0.25) is 0 Å². The van der Waals surface area contributed by atoms with Gasteiger partial charge in [-0.15, -0.1) is 0 Å². The Hall–Kier alpha value is -1.66. The number of likely N-dealkylation sites (tertiary alicyclic amines) is 1. The van der Waals surface area contributed by atoms with Gasteiger partial charge in [-0.2, -0.15) is 0 Å². The zero-order valence-electron chi connectivity index (χ0n) is 11.5. The minimum Gasteiger partial charge on any atom is -0.336 e. The van der Waals surface area contributed by atoms with Crippen LogP contribution in [0.4, 0.5) is 5.69 Å². The van der Waals surface area contributed by atoms with Crippen LogP contribution in [-0.2, 0) is 0 Å². The van der Waals surface area contributed by atoms with Gasteiger partial charge >= 0.3 is 0 Å². The summed E-state index contributed by atoms with van der Waals surface area (Å²) < 4.78 is 0. The Morgan fingerprint density at radius 2 is 2.42 bits per heavy atom. The monoisotopic (exact) mass is 263 g/mol. The lowest BCUT2D eigenvalue weighted by Crippen LogP contribution is -2.47. The van der Waals surface area contributed by atoms with Gasteiger partial charge in [0.2, 0.25) is 0 Å². The molecule has 1 aliphatic heterocycles. The van der Waals surface area contributed by atoms with Gasteiger partial charge in [0.25, 0.3) is 5.91 Å². The van der Waals surface area contributed by atoms with E-state index in [0.29, 0.717) is 11.4 Å². The van der Waals surface area contributed by atoms with Gasteiger partial charge in [0.15, 0.2) is 0 Å². The van der Waals surface area contributed by atoms with Crippen molar-refractivity contribution in [2.24, 2.45) is 5.84 Å². The fourth-order valence-corrected chi connectivity index (χ4v) is 2.44. The third-order valence-corrected chi connectivity index (χ3v) is 3.61. The second-order valence-corrected chi connectivity index (χ2v) is 5.05. The number of nitrogens with two attached hydrogens (primary N) is 1. The molecule has 104 valence electrons. The van der Waals surface area contributed by atoms with E-state index in [9.17, 15) is 4.79 Å². The maximum atomic E-state index is 12.4. The highest BCUT2D eigenvalue weighted by Gasteiger charge is 2.25. The zero-order chi connectivity index (χ0) is 13.8. The molecule has 19 heavy (non-hydrogen) atoms. The van der Waals surface area contributed by atoms with Gasteiger partial charge in [-0.3, -0.25) is 15.6 Å². The highest BCUT2D eigenvalue weighted by molar-refractivity contribution is 5.93. The van der Waals surface area contributed by atoms with Crippen LogP contribution < -0.4 is 11.3 Å². The Balaban J connectivity index is 2.09. The number of nitrogens with one attached hydrogen (secondary N) is 1. The van der Waals surface area contributed by atoms with Crippen LogP contribution in [0.15, 0.2) is 18.3 Å². The number of hydrogen-bond donors (Lipinski definition) is 2. The summed E-state index contributed by atoms with van der Waals surface area (Å²) in [6.07, 6.45) is 3.75. The first kappa shape index (κ1) is 13.8. The Labute approximate surface area is 113 Å². The quantitative estimate of drug-likeness (QED) is 0.615. The number of hydrogen-bond acceptors (Lipinski definition) is 5. The van der Waals surface area contributed by atoms with E-state index in [1.54, 1.807) is 23.2 Å². The maximum absolute atomic E-state index is 12.4. The maximum Gasteiger partial charge on any atom is 0.272 e. The number of likely N-dealkylation sites (N-methyl/N-ethyl adjacent to an activating group) is 2. The fraction of sp³-hybridized carbons (Fsp3) is 0.538. The summed E-state index contributed by atoms with van der Waals surface area (Å²) in [5.41, 5.74) is 3.64. The van der Waals surface area contributed by atoms with Crippen LogP contribution in [0.3, 0.4) is 0 Å². The summed E-state index contributed by atoms with van der Waals surface area (Å²) >= 11 is 0. The number of carbonyl (C=O) groups excluding carboxylic acids is 1. The molecule has 6 heteroatoms. The Bertz CT molecular complexity index is 450. The number of rotatable bonds is 3. The lowest BCUT2D eigenvalue weighted by Gasteiger charge is -2.35. The van der Waals surface area contributed by atoms with E-state index < -0.39 is 0 Å². The van der Waals surface area contributed by atoms with Gasteiger partial charge in [-0.05, 0) is 38.6 Å². The second-order valence-electron chi connectivity index (χ2n) is 5.05. The first-order valence-corrected chi connectivity index (χ1v) is 6.50. The molecule has 1 aromatic heterocycles. The summed E-state index contributed by atoms with van der Waals surface area (Å²) in [6, 6.07) is 3.65. The normalized spacial score (nSPS) is 20.1. The molecule has 0 spiro atoms. The zero-order valence-corrected chi connectivity index (χ0v) is 11.5. The lowest BCUT2D eigenvalue weighted by molar-refractivity contribution is 0.0638. The Morgan fingerprint density at radius 3 is 3.11 bits per heavy atom. The van der Waals surface area contributed by atoms with Gasteiger partial charge in [0.1, 0.15) is 5.69 Å². The summed E-state index contributed by atoms with van der Waals surface area (Å²) in [7, 11) is 3.93. The summed E-state index contributed by atoms with van der Waals surface area (Å²) in [5.74, 6) is 5.29. The number of nitrogen functional groups attached to an aromatic ring is 1. The van der Waals surface area contributed by atoms with Crippen LogP contribution in [-0.4, -0.2) is 53.9 Å². The Kier molecular flexibility index (Phi) is 4.34. The molecule has 2 heterocycles. The van der Waals surface area contributed by atoms with Gasteiger partial charge in [-0.25, -0.2) is 0 Å². The van der Waals surface area contributed by atoms with Crippen molar-refractivity contribution in [3.8, 4) is 0 Å². The molecule has 3 N–H and O–H groups in total. The molecule has 1 atom stereocenters. The molecule has 0 bridgehead atoms. The minimum absolute atomic E-state index is 0.0580. The molecule has 6 nitrogen and oxygen atoms in total. The molecule has 2 rings (SSSR count). The number of pyridine rings is 1. The van der Waals surface area contributed by atoms with E-state index in [0.717, 1.165) is 25.9 Å². The molecule has 1 aliphatic rings. The smallest absolute Gasteiger partial charge is 0.272 e. The molecule has 1 aromatic rings. The molecule has 0 aliphatic carbocycles. The topological polar surface area (TPSA) is 74.5 Å². The number of piperidine rings is 1. The van der Waals surface area contributed by atoms with Gasteiger partial charge < -0.3 is 15.2 Å². The van der Waals surface area contributed by atoms with Crippen molar-refractivity contribution in [1.29, 1.82) is 0 Å². The van der Waals surface area contributed by atoms with Crippen LogP contribution in [0.25, 0.3) is 0 Å². The first-order valence-electron chi connectivity index (χ1n) is 6.50. The predicted octanol–water partition coefficient (Wildman–Crippen LogP) is 0.533. The van der Waals surface area contributed by atoms with Gasteiger partial charge in [0, 0.05) is 25.8 Å². The van der Waals surface area contributed by atoms with Crippen LogP contribution in [0.1, 0.15) is 23.3 Å². The van der Waals surface area contributed by atoms with Crippen molar-refractivity contribution in [3.05, 3.63) is 24.0 Å². The Morgan fingerprint density at radius 1 is 1.63 bits per heavy atom. The average Bonchev–Trinajstić information content (AvgIpc) is 2.45. The summed E-state index contributed by atoms with van der Waals surface area (Å²) in [4.78, 5) is 20.6. The molecular weight excluding hydrogens is 242 g/mol. The number of anilines is 1. The second kappa shape index (κ2) is 5.99. The van der Waals surface area contributed by atoms with Crippen LogP contribution in [0, 0.1) is 0 Å². The number of carbonyl (C=O) groups is 1. The van der Waals surface area contributed by atoms with Crippen molar-refractivity contribution in [1.82, 2.24) is 14.8 Å².